The van der Waals surface area contributed by atoms with Crippen LogP contribution in [0.1, 0.15) is 24.0 Å². The second-order valence-corrected chi connectivity index (χ2v) is 4.98. The minimum absolute atomic E-state index is 0.269. The van der Waals surface area contributed by atoms with E-state index < -0.39 is 0 Å². The van der Waals surface area contributed by atoms with E-state index in [2.05, 4.69) is 16.5 Å². The lowest BCUT2D eigenvalue weighted by molar-refractivity contribution is 0.625. The van der Waals surface area contributed by atoms with E-state index in [0.717, 1.165) is 12.8 Å². The number of hydrogen-bond acceptors (Lipinski definition) is 4. The molecule has 0 saturated heterocycles. The molecule has 3 N–H and O–H groups in total. The van der Waals surface area contributed by atoms with E-state index in [-0.39, 0.29) is 11.6 Å². The monoisotopic (exact) mass is 271 g/mol. The fourth-order valence-electron chi connectivity index (χ4n) is 2.10. The minimum atomic E-state index is -0.311. The maximum Gasteiger partial charge on any atom is 0.168 e. The molecule has 1 heterocycles. The molecule has 0 aliphatic heterocycles. The summed E-state index contributed by atoms with van der Waals surface area (Å²) in [5, 5.41) is 16.8. The van der Waals surface area contributed by atoms with Crippen LogP contribution in [0.3, 0.4) is 0 Å². The second kappa shape index (κ2) is 4.53. The van der Waals surface area contributed by atoms with Crippen molar-refractivity contribution in [2.24, 2.45) is 0 Å². The van der Waals surface area contributed by atoms with E-state index >= 15 is 0 Å². The lowest BCUT2D eigenvalue weighted by Gasteiger charge is -2.07. The zero-order chi connectivity index (χ0) is 14.3. The van der Waals surface area contributed by atoms with E-state index in [0.29, 0.717) is 28.7 Å². The van der Waals surface area contributed by atoms with Crippen molar-refractivity contribution in [1.82, 2.24) is 9.78 Å². The summed E-state index contributed by atoms with van der Waals surface area (Å²) in [6, 6.07) is 6.82. The molecule has 0 amide bonds. The Kier molecular flexibility index (Phi) is 2.83. The number of nitrogen functional groups attached to an aromatic ring is 1. The van der Waals surface area contributed by atoms with Gasteiger partial charge in [-0.2, -0.15) is 5.26 Å². The molecule has 1 fully saturated rings. The summed E-state index contributed by atoms with van der Waals surface area (Å²) in [5.41, 5.74) is 7.71. The third-order valence-corrected chi connectivity index (χ3v) is 3.34. The Labute approximate surface area is 115 Å². The van der Waals surface area contributed by atoms with Gasteiger partial charge < -0.3 is 11.1 Å². The highest BCUT2D eigenvalue weighted by Gasteiger charge is 2.25. The molecule has 0 atom stereocenters. The van der Waals surface area contributed by atoms with Crippen LogP contribution in [-0.2, 0) is 0 Å². The highest BCUT2D eigenvalue weighted by atomic mass is 19.1. The summed E-state index contributed by atoms with van der Waals surface area (Å²) in [5.74, 6) is 0.454. The first-order valence-electron chi connectivity index (χ1n) is 6.42. The normalized spacial score (nSPS) is 14.1. The van der Waals surface area contributed by atoms with Crippen LogP contribution in [-0.4, -0.2) is 15.8 Å². The van der Waals surface area contributed by atoms with Gasteiger partial charge in [-0.05, 0) is 43.5 Å². The van der Waals surface area contributed by atoms with E-state index in [9.17, 15) is 9.65 Å². The highest BCUT2D eigenvalue weighted by molar-refractivity contribution is 5.67. The number of nitrogens with zero attached hydrogens (tertiary/aromatic N) is 3. The number of nitriles is 1. The maximum atomic E-state index is 13.2. The zero-order valence-corrected chi connectivity index (χ0v) is 11.0. The van der Waals surface area contributed by atoms with E-state index in [1.54, 1.807) is 13.0 Å². The van der Waals surface area contributed by atoms with Gasteiger partial charge in [-0.3, -0.25) is 0 Å². The fraction of sp³-hybridized carbons (Fsp3) is 0.286. The van der Waals surface area contributed by atoms with Gasteiger partial charge in [-0.25, -0.2) is 9.07 Å². The Bertz CT molecular complexity index is 709. The quantitative estimate of drug-likeness (QED) is 0.898. The number of aryl methyl sites for hydroxylation is 1. The molecule has 1 saturated carbocycles. The average Bonchev–Trinajstić information content (AvgIpc) is 3.15. The average molecular weight is 271 g/mol. The van der Waals surface area contributed by atoms with Crippen LogP contribution in [0.25, 0.3) is 5.69 Å². The molecule has 20 heavy (non-hydrogen) atoms. The topological polar surface area (TPSA) is 79.7 Å². The summed E-state index contributed by atoms with van der Waals surface area (Å²) in [4.78, 5) is 0. The van der Waals surface area contributed by atoms with Crippen molar-refractivity contribution < 1.29 is 4.39 Å². The molecule has 5 nitrogen and oxygen atoms in total. The fourth-order valence-corrected chi connectivity index (χ4v) is 2.10. The van der Waals surface area contributed by atoms with Crippen molar-refractivity contribution >= 4 is 11.6 Å². The molecule has 1 aromatic carbocycles. The smallest absolute Gasteiger partial charge is 0.168 e. The number of anilines is 2. The van der Waals surface area contributed by atoms with Gasteiger partial charge in [0.05, 0.1) is 5.69 Å². The number of aromatic nitrogens is 2. The summed E-state index contributed by atoms with van der Waals surface area (Å²) in [6.07, 6.45) is 2.15. The molecule has 3 rings (SSSR count). The highest BCUT2D eigenvalue weighted by Crippen LogP contribution is 2.30. The Hall–Kier alpha value is -2.55. The summed E-state index contributed by atoms with van der Waals surface area (Å²) < 4.78 is 14.7. The lowest BCUT2D eigenvalue weighted by atomic mass is 10.2. The molecule has 1 aromatic heterocycles. The predicted molar refractivity (Wildman–Crippen MR) is 74.0 cm³/mol. The van der Waals surface area contributed by atoms with Gasteiger partial charge in [0, 0.05) is 6.04 Å². The number of hydrogen-bond donors (Lipinski definition) is 2. The van der Waals surface area contributed by atoms with Gasteiger partial charge >= 0.3 is 0 Å². The Balaban J connectivity index is 2.09. The first-order valence-corrected chi connectivity index (χ1v) is 6.42. The van der Waals surface area contributed by atoms with Crippen molar-refractivity contribution in [2.45, 2.75) is 25.8 Å². The van der Waals surface area contributed by atoms with Crippen molar-refractivity contribution in [3.8, 4) is 11.8 Å². The Morgan fingerprint density at radius 3 is 2.85 bits per heavy atom. The first kappa shape index (κ1) is 12.5. The molecule has 6 heteroatoms. The molecular weight excluding hydrogens is 257 g/mol. The van der Waals surface area contributed by atoms with Crippen molar-refractivity contribution in [1.29, 1.82) is 5.26 Å². The molecule has 0 spiro atoms. The van der Waals surface area contributed by atoms with Gasteiger partial charge in [-0.1, -0.05) is 0 Å². The van der Waals surface area contributed by atoms with Crippen LogP contribution in [0.15, 0.2) is 18.2 Å². The molecule has 0 unspecified atom stereocenters. The summed E-state index contributed by atoms with van der Waals surface area (Å²) >= 11 is 0. The van der Waals surface area contributed by atoms with E-state index in [4.69, 9.17) is 5.73 Å². The maximum absolute atomic E-state index is 13.2. The standard InChI is InChI=1S/C14H14FN5/c1-8-6-9(15)2-5-12(8)20-13(17)11(7-16)14(19-20)18-10-3-4-10/h2,5-6,10H,3-4,17H2,1H3,(H,18,19). The number of nitrogens with one attached hydrogen (secondary N) is 1. The van der Waals surface area contributed by atoms with Crippen LogP contribution in [0.2, 0.25) is 0 Å². The van der Waals surface area contributed by atoms with Gasteiger partial charge in [0.25, 0.3) is 0 Å². The Morgan fingerprint density at radius 1 is 1.50 bits per heavy atom. The molecule has 0 radical (unpaired) electrons. The second-order valence-electron chi connectivity index (χ2n) is 4.98. The van der Waals surface area contributed by atoms with E-state index in [1.807, 2.05) is 0 Å². The van der Waals surface area contributed by atoms with E-state index in [1.165, 1.54) is 16.8 Å². The number of benzene rings is 1. The summed E-state index contributed by atoms with van der Waals surface area (Å²) in [7, 11) is 0. The third-order valence-electron chi connectivity index (χ3n) is 3.34. The van der Waals surface area contributed by atoms with Crippen molar-refractivity contribution in [3.05, 3.63) is 35.1 Å². The van der Waals surface area contributed by atoms with Gasteiger partial charge in [0.2, 0.25) is 0 Å². The van der Waals surface area contributed by atoms with Crippen LogP contribution in [0, 0.1) is 24.1 Å². The van der Waals surface area contributed by atoms with Crippen molar-refractivity contribution in [3.63, 3.8) is 0 Å². The number of rotatable bonds is 3. The zero-order valence-electron chi connectivity index (χ0n) is 11.0. The van der Waals surface area contributed by atoms with Crippen LogP contribution in [0.5, 0.6) is 0 Å². The largest absolute Gasteiger partial charge is 0.382 e. The van der Waals surface area contributed by atoms with Crippen LogP contribution in [0.4, 0.5) is 16.0 Å². The minimum Gasteiger partial charge on any atom is -0.382 e. The third kappa shape index (κ3) is 2.07. The van der Waals surface area contributed by atoms with Crippen LogP contribution < -0.4 is 11.1 Å². The summed E-state index contributed by atoms with van der Waals surface area (Å²) in [6.45, 7) is 1.78. The van der Waals surface area contributed by atoms with Gasteiger partial charge in [0.1, 0.15) is 23.3 Å². The molecular formula is C14H14FN5. The van der Waals surface area contributed by atoms with Crippen molar-refractivity contribution in [2.75, 3.05) is 11.1 Å². The van der Waals surface area contributed by atoms with Crippen LogP contribution >= 0.6 is 0 Å². The number of nitrogens with two attached hydrogens (primary N) is 1. The number of halogens is 1. The van der Waals surface area contributed by atoms with Gasteiger partial charge in [-0.15, -0.1) is 5.10 Å². The molecule has 102 valence electrons. The first-order chi connectivity index (χ1) is 9.60. The van der Waals surface area contributed by atoms with Gasteiger partial charge in [0.15, 0.2) is 5.82 Å². The lowest BCUT2D eigenvalue weighted by Crippen LogP contribution is -2.05. The molecule has 2 aromatic rings. The molecule has 1 aliphatic carbocycles. The predicted octanol–water partition coefficient (Wildman–Crippen LogP) is 2.35. The molecule has 0 bridgehead atoms. The molecule has 1 aliphatic rings. The Morgan fingerprint density at radius 2 is 2.25 bits per heavy atom. The SMILES string of the molecule is Cc1cc(F)ccc1-n1nc(NC2CC2)c(C#N)c1N.